The lowest BCUT2D eigenvalue weighted by molar-refractivity contribution is -0.111. The summed E-state index contributed by atoms with van der Waals surface area (Å²) in [7, 11) is 0. The van der Waals surface area contributed by atoms with Crippen molar-refractivity contribution in [1.82, 2.24) is 20.2 Å². The van der Waals surface area contributed by atoms with Gasteiger partial charge < -0.3 is 14.5 Å². The van der Waals surface area contributed by atoms with Gasteiger partial charge in [0.2, 0.25) is 0 Å². The molecule has 0 bridgehead atoms. The molecule has 30 heavy (non-hydrogen) atoms. The van der Waals surface area contributed by atoms with Crippen molar-refractivity contribution < 1.29 is 13.9 Å². The summed E-state index contributed by atoms with van der Waals surface area (Å²) in [6.07, 6.45) is 3.12. The minimum atomic E-state index is -0.389. The summed E-state index contributed by atoms with van der Waals surface area (Å²) in [5, 5.41) is 14.8. The molecule has 8 heteroatoms. The molecule has 0 aliphatic carbocycles. The first-order valence-electron chi connectivity index (χ1n) is 9.38. The van der Waals surface area contributed by atoms with E-state index in [4.69, 9.17) is 9.15 Å². The molecule has 4 aromatic rings. The number of tetrazole rings is 1. The first kappa shape index (κ1) is 19.1. The van der Waals surface area contributed by atoms with E-state index < -0.39 is 0 Å². The molecule has 1 amide bonds. The Morgan fingerprint density at radius 1 is 1.10 bits per heavy atom. The van der Waals surface area contributed by atoms with Gasteiger partial charge in [0.1, 0.15) is 17.2 Å². The van der Waals surface area contributed by atoms with Gasteiger partial charge >= 0.3 is 0 Å². The number of rotatable bonds is 7. The Labute approximate surface area is 172 Å². The molecule has 4 rings (SSSR count). The summed E-state index contributed by atoms with van der Waals surface area (Å²) >= 11 is 0. The highest BCUT2D eigenvalue weighted by Gasteiger charge is 2.20. The molecule has 0 atom stereocenters. The van der Waals surface area contributed by atoms with Crippen LogP contribution in [0.3, 0.4) is 0 Å². The maximum atomic E-state index is 13.2. The topological polar surface area (TPSA) is 95.1 Å². The number of hydrogen-bond acceptors (Lipinski definition) is 6. The molecular formula is C22H19N5O3. The molecule has 2 heterocycles. The van der Waals surface area contributed by atoms with Gasteiger partial charge in [-0.15, -0.1) is 5.10 Å². The maximum Gasteiger partial charge on any atom is 0.274 e. The second-order valence-corrected chi connectivity index (χ2v) is 6.24. The number of nitrogens with zero attached hydrogens (tertiary/aromatic N) is 4. The lowest BCUT2D eigenvalue weighted by Gasteiger charge is -2.11. The van der Waals surface area contributed by atoms with Crippen LogP contribution >= 0.6 is 0 Å². The van der Waals surface area contributed by atoms with Crippen molar-refractivity contribution in [1.29, 1.82) is 0 Å². The lowest BCUT2D eigenvalue weighted by Crippen LogP contribution is -2.19. The van der Waals surface area contributed by atoms with Gasteiger partial charge in [0.05, 0.1) is 12.9 Å². The predicted molar refractivity (Wildman–Crippen MR) is 112 cm³/mol. The Morgan fingerprint density at radius 2 is 1.90 bits per heavy atom. The van der Waals surface area contributed by atoms with Crippen LogP contribution in [-0.2, 0) is 4.79 Å². The number of anilines is 1. The summed E-state index contributed by atoms with van der Waals surface area (Å²) in [4.78, 5) is 13.2. The van der Waals surface area contributed by atoms with Crippen molar-refractivity contribution in [3.8, 4) is 17.1 Å². The molecule has 1 N–H and O–H groups in total. The van der Waals surface area contributed by atoms with Gasteiger partial charge in [-0.1, -0.05) is 30.3 Å². The van der Waals surface area contributed by atoms with E-state index >= 15 is 0 Å². The van der Waals surface area contributed by atoms with Gasteiger partial charge in [-0.2, -0.15) is 4.68 Å². The number of benzene rings is 2. The summed E-state index contributed by atoms with van der Waals surface area (Å²) in [6, 6.07) is 20.0. The Kier molecular flexibility index (Phi) is 5.66. The highest BCUT2D eigenvalue weighted by molar-refractivity contribution is 6.24. The Hall–Kier alpha value is -4.20. The number of amides is 1. The summed E-state index contributed by atoms with van der Waals surface area (Å²) in [5.41, 5.74) is 1.60. The maximum absolute atomic E-state index is 13.2. The molecule has 2 aromatic carbocycles. The number of ether oxygens (including phenoxy) is 1. The zero-order valence-electron chi connectivity index (χ0n) is 16.2. The highest BCUT2D eigenvalue weighted by Crippen LogP contribution is 2.22. The number of hydrogen-bond donors (Lipinski definition) is 1. The SMILES string of the molecule is CCOc1ccc(NC(=O)C(=Cc2ccco2)n2nnnc2-c2ccccc2)cc1. The van der Waals surface area contributed by atoms with E-state index in [0.717, 1.165) is 11.3 Å². The molecule has 150 valence electrons. The minimum Gasteiger partial charge on any atom is -0.494 e. The van der Waals surface area contributed by atoms with Crippen molar-refractivity contribution in [3.63, 3.8) is 0 Å². The molecule has 0 unspecified atom stereocenters. The number of carbonyl (C=O) groups excluding carboxylic acids is 1. The first-order valence-corrected chi connectivity index (χ1v) is 9.38. The Bertz CT molecular complexity index is 1130. The van der Waals surface area contributed by atoms with Gasteiger partial charge in [0, 0.05) is 17.3 Å². The van der Waals surface area contributed by atoms with Crippen LogP contribution in [0.1, 0.15) is 12.7 Å². The Balaban J connectivity index is 1.68. The number of furan rings is 1. The summed E-state index contributed by atoms with van der Waals surface area (Å²) in [6.45, 7) is 2.49. The Morgan fingerprint density at radius 3 is 2.60 bits per heavy atom. The van der Waals surface area contributed by atoms with Crippen molar-refractivity contribution in [2.24, 2.45) is 0 Å². The van der Waals surface area contributed by atoms with Crippen molar-refractivity contribution in [2.75, 3.05) is 11.9 Å². The molecule has 0 saturated heterocycles. The van der Waals surface area contributed by atoms with Crippen molar-refractivity contribution >= 4 is 23.4 Å². The zero-order valence-corrected chi connectivity index (χ0v) is 16.2. The predicted octanol–water partition coefficient (Wildman–Crippen LogP) is 3.97. The third-order valence-electron chi connectivity index (χ3n) is 4.21. The third-order valence-corrected chi connectivity index (χ3v) is 4.21. The fourth-order valence-corrected chi connectivity index (χ4v) is 2.84. The van der Waals surface area contributed by atoms with Crippen LogP contribution in [0, 0.1) is 0 Å². The first-order chi connectivity index (χ1) is 14.7. The van der Waals surface area contributed by atoms with E-state index in [1.54, 1.807) is 42.5 Å². The lowest BCUT2D eigenvalue weighted by atomic mass is 10.2. The second-order valence-electron chi connectivity index (χ2n) is 6.24. The molecule has 0 aliphatic heterocycles. The molecular weight excluding hydrogens is 382 g/mol. The fraction of sp³-hybridized carbons (Fsp3) is 0.0909. The van der Waals surface area contributed by atoms with Gasteiger partial charge in [-0.3, -0.25) is 4.79 Å². The van der Waals surface area contributed by atoms with E-state index in [0.29, 0.717) is 23.9 Å². The standard InChI is InChI=1S/C22H19N5O3/c1-2-29-18-12-10-17(11-13-18)23-22(28)20(15-19-9-6-14-30-19)27-21(24-25-26-27)16-7-4-3-5-8-16/h3-15H,2H2,1H3,(H,23,28). The average Bonchev–Trinajstić information content (AvgIpc) is 3.46. The summed E-state index contributed by atoms with van der Waals surface area (Å²) in [5.74, 6) is 1.28. The molecule has 0 spiro atoms. The quantitative estimate of drug-likeness (QED) is 0.471. The van der Waals surface area contributed by atoms with Gasteiger partial charge in [-0.25, -0.2) is 0 Å². The minimum absolute atomic E-state index is 0.211. The molecule has 0 fully saturated rings. The molecule has 0 aliphatic rings. The number of carbonyl (C=O) groups is 1. The van der Waals surface area contributed by atoms with Crippen LogP contribution in [0.2, 0.25) is 0 Å². The van der Waals surface area contributed by atoms with Gasteiger partial charge in [-0.05, 0) is 53.7 Å². The van der Waals surface area contributed by atoms with Crippen LogP contribution in [-0.4, -0.2) is 32.7 Å². The largest absolute Gasteiger partial charge is 0.494 e. The van der Waals surface area contributed by atoms with Gasteiger partial charge in [0.25, 0.3) is 5.91 Å². The van der Waals surface area contributed by atoms with Crippen LogP contribution in [0.5, 0.6) is 5.75 Å². The van der Waals surface area contributed by atoms with Crippen LogP contribution in [0.25, 0.3) is 23.2 Å². The van der Waals surface area contributed by atoms with Crippen LogP contribution in [0.15, 0.2) is 77.4 Å². The van der Waals surface area contributed by atoms with Crippen LogP contribution in [0.4, 0.5) is 5.69 Å². The smallest absolute Gasteiger partial charge is 0.274 e. The van der Waals surface area contributed by atoms with Crippen molar-refractivity contribution in [3.05, 3.63) is 78.8 Å². The van der Waals surface area contributed by atoms with Crippen LogP contribution < -0.4 is 10.1 Å². The fourth-order valence-electron chi connectivity index (χ4n) is 2.84. The zero-order chi connectivity index (χ0) is 20.8. The van der Waals surface area contributed by atoms with E-state index in [2.05, 4.69) is 20.8 Å². The van der Waals surface area contributed by atoms with E-state index in [9.17, 15) is 4.79 Å². The van der Waals surface area contributed by atoms with E-state index in [1.807, 2.05) is 37.3 Å². The number of aromatic nitrogens is 4. The van der Waals surface area contributed by atoms with E-state index in [1.165, 1.54) is 10.9 Å². The monoisotopic (exact) mass is 401 g/mol. The normalized spacial score (nSPS) is 11.3. The van der Waals surface area contributed by atoms with E-state index in [-0.39, 0.29) is 11.6 Å². The number of nitrogens with one attached hydrogen (secondary N) is 1. The molecule has 0 saturated carbocycles. The highest BCUT2D eigenvalue weighted by atomic mass is 16.5. The summed E-state index contributed by atoms with van der Waals surface area (Å²) < 4.78 is 12.2. The van der Waals surface area contributed by atoms with Crippen molar-refractivity contribution in [2.45, 2.75) is 6.92 Å². The third kappa shape index (κ3) is 4.27. The second kappa shape index (κ2) is 8.87. The molecule has 0 radical (unpaired) electrons. The molecule has 8 nitrogen and oxygen atoms in total. The molecule has 2 aromatic heterocycles. The van der Waals surface area contributed by atoms with Gasteiger partial charge in [0.15, 0.2) is 5.82 Å². The average molecular weight is 401 g/mol.